The molecule has 0 bridgehead atoms. The number of carbonyl (C=O) groups excluding carboxylic acids is 4. The van der Waals surface area contributed by atoms with Gasteiger partial charge in [0, 0.05) is 31.0 Å². The maximum atomic E-state index is 12.4. The summed E-state index contributed by atoms with van der Waals surface area (Å²) in [6.45, 7) is 4.60. The van der Waals surface area contributed by atoms with Gasteiger partial charge in [-0.05, 0) is 26.8 Å². The Morgan fingerprint density at radius 1 is 1.23 bits per heavy atom. The summed E-state index contributed by atoms with van der Waals surface area (Å²) in [6, 6.07) is 3.84. The summed E-state index contributed by atoms with van der Waals surface area (Å²) in [6.07, 6.45) is -0.0153. The van der Waals surface area contributed by atoms with Gasteiger partial charge in [-0.25, -0.2) is 0 Å². The summed E-state index contributed by atoms with van der Waals surface area (Å²) in [5, 5.41) is 13.7. The molecule has 0 atom stereocenters. The molecule has 0 aromatic heterocycles. The lowest BCUT2D eigenvalue weighted by molar-refractivity contribution is -0.385. The van der Waals surface area contributed by atoms with Gasteiger partial charge in [0.05, 0.1) is 10.5 Å². The molecule has 9 heteroatoms. The van der Waals surface area contributed by atoms with E-state index in [9.17, 15) is 29.3 Å². The summed E-state index contributed by atoms with van der Waals surface area (Å²) in [5.74, 6) is -1.96. The van der Waals surface area contributed by atoms with Gasteiger partial charge in [0.2, 0.25) is 5.91 Å². The normalized spacial score (nSPS) is 13.6. The number of Topliss-reactive ketones (excluding diaryl/α,β-unsaturated/α-hetero) is 1. The van der Waals surface area contributed by atoms with E-state index in [2.05, 4.69) is 5.32 Å². The second-order valence-electron chi connectivity index (χ2n) is 6.78. The zero-order valence-corrected chi connectivity index (χ0v) is 14.7. The molecule has 1 heterocycles. The third-order valence-corrected chi connectivity index (χ3v) is 3.90. The Kier molecular flexibility index (Phi) is 5.20. The van der Waals surface area contributed by atoms with Crippen molar-refractivity contribution in [3.8, 4) is 0 Å². The molecular weight excluding hydrogens is 342 g/mol. The number of amides is 3. The Bertz CT molecular complexity index is 815. The molecule has 0 unspecified atom stereocenters. The van der Waals surface area contributed by atoms with Crippen LogP contribution in [0.3, 0.4) is 0 Å². The fourth-order valence-corrected chi connectivity index (χ4v) is 2.99. The minimum atomic E-state index is -0.784. The number of nitrogens with one attached hydrogen (secondary N) is 1. The minimum Gasteiger partial charge on any atom is -0.351 e. The van der Waals surface area contributed by atoms with E-state index in [-0.39, 0.29) is 36.3 Å². The van der Waals surface area contributed by atoms with Gasteiger partial charge in [-0.2, -0.15) is 0 Å². The van der Waals surface area contributed by atoms with E-state index in [1.807, 2.05) is 0 Å². The molecule has 1 N–H and O–H groups in total. The SMILES string of the molecule is CC(=O)CC(C)(C)NC(=O)CCN1C(=O)c2cccc([N+](=O)[O-])c2C1=O. The number of fused-ring (bicyclic) bond motifs is 1. The van der Waals surface area contributed by atoms with E-state index in [4.69, 9.17) is 0 Å². The topological polar surface area (TPSA) is 127 Å². The van der Waals surface area contributed by atoms with Crippen molar-refractivity contribution in [2.24, 2.45) is 0 Å². The van der Waals surface area contributed by atoms with Crippen LogP contribution in [0.2, 0.25) is 0 Å². The number of rotatable bonds is 7. The maximum absolute atomic E-state index is 12.4. The highest BCUT2D eigenvalue weighted by molar-refractivity contribution is 6.23. The molecule has 1 aliphatic rings. The fourth-order valence-electron chi connectivity index (χ4n) is 2.99. The quantitative estimate of drug-likeness (QED) is 0.445. The van der Waals surface area contributed by atoms with Crippen molar-refractivity contribution in [1.29, 1.82) is 0 Å². The van der Waals surface area contributed by atoms with Crippen molar-refractivity contribution < 1.29 is 24.1 Å². The highest BCUT2D eigenvalue weighted by Gasteiger charge is 2.40. The summed E-state index contributed by atoms with van der Waals surface area (Å²) in [5.41, 5.74) is -1.47. The third kappa shape index (κ3) is 3.93. The predicted octanol–water partition coefficient (Wildman–Crippen LogP) is 1.45. The largest absolute Gasteiger partial charge is 0.351 e. The number of hydrogen-bond donors (Lipinski definition) is 1. The molecule has 0 saturated heterocycles. The van der Waals surface area contributed by atoms with Crippen molar-refractivity contribution in [2.45, 2.75) is 39.2 Å². The lowest BCUT2D eigenvalue weighted by Gasteiger charge is -2.25. The number of hydrogen-bond acceptors (Lipinski definition) is 6. The predicted molar refractivity (Wildman–Crippen MR) is 90.6 cm³/mol. The van der Waals surface area contributed by atoms with Gasteiger partial charge in [0.15, 0.2) is 0 Å². The number of nitro benzene ring substituents is 1. The molecule has 0 spiro atoms. The molecule has 138 valence electrons. The van der Waals surface area contributed by atoms with Crippen LogP contribution < -0.4 is 5.32 Å². The molecule has 0 fully saturated rings. The molecule has 1 aromatic carbocycles. The smallest absolute Gasteiger partial charge is 0.282 e. The first kappa shape index (κ1) is 19.2. The highest BCUT2D eigenvalue weighted by Crippen LogP contribution is 2.30. The fraction of sp³-hybridized carbons (Fsp3) is 0.412. The van der Waals surface area contributed by atoms with Crippen LogP contribution in [-0.4, -0.2) is 45.4 Å². The van der Waals surface area contributed by atoms with E-state index in [1.165, 1.54) is 19.1 Å². The second-order valence-corrected chi connectivity index (χ2v) is 6.78. The average Bonchev–Trinajstić information content (AvgIpc) is 2.75. The van der Waals surface area contributed by atoms with Gasteiger partial charge >= 0.3 is 0 Å². The van der Waals surface area contributed by atoms with Crippen LogP contribution in [0.5, 0.6) is 0 Å². The Labute approximate surface area is 149 Å². The summed E-state index contributed by atoms with van der Waals surface area (Å²) >= 11 is 0. The van der Waals surface area contributed by atoms with Gasteiger partial charge in [-0.3, -0.25) is 34.2 Å². The Morgan fingerprint density at radius 3 is 2.46 bits per heavy atom. The van der Waals surface area contributed by atoms with E-state index in [1.54, 1.807) is 13.8 Å². The number of nitrogens with zero attached hydrogens (tertiary/aromatic N) is 2. The maximum Gasteiger partial charge on any atom is 0.282 e. The van der Waals surface area contributed by atoms with Crippen molar-refractivity contribution in [2.75, 3.05) is 6.54 Å². The Morgan fingerprint density at radius 2 is 1.88 bits per heavy atom. The lowest BCUT2D eigenvalue weighted by atomic mass is 9.98. The number of nitro groups is 1. The van der Waals surface area contributed by atoms with Crippen LogP contribution in [0, 0.1) is 10.1 Å². The first-order chi connectivity index (χ1) is 12.0. The lowest BCUT2D eigenvalue weighted by Crippen LogP contribution is -2.45. The van der Waals surface area contributed by atoms with E-state index in [0.29, 0.717) is 0 Å². The number of carbonyl (C=O) groups is 4. The average molecular weight is 361 g/mol. The van der Waals surface area contributed by atoms with Crippen molar-refractivity contribution >= 4 is 29.2 Å². The summed E-state index contributed by atoms with van der Waals surface area (Å²) in [7, 11) is 0. The van der Waals surface area contributed by atoms with Crippen LogP contribution in [0.1, 0.15) is 54.3 Å². The number of imide groups is 1. The van der Waals surface area contributed by atoms with Gasteiger partial charge in [0.25, 0.3) is 17.5 Å². The Hall–Kier alpha value is -3.10. The van der Waals surface area contributed by atoms with E-state index >= 15 is 0 Å². The van der Waals surface area contributed by atoms with E-state index < -0.39 is 33.9 Å². The molecule has 0 aliphatic carbocycles. The highest BCUT2D eigenvalue weighted by atomic mass is 16.6. The molecular formula is C17H19N3O6. The first-order valence-corrected chi connectivity index (χ1v) is 7.97. The summed E-state index contributed by atoms with van der Waals surface area (Å²) < 4.78 is 0. The number of benzene rings is 1. The molecule has 1 aliphatic heterocycles. The van der Waals surface area contributed by atoms with E-state index in [0.717, 1.165) is 11.0 Å². The Balaban J connectivity index is 2.08. The van der Waals surface area contributed by atoms with Gasteiger partial charge < -0.3 is 5.32 Å². The van der Waals surface area contributed by atoms with Crippen LogP contribution >= 0.6 is 0 Å². The number of ketones is 1. The van der Waals surface area contributed by atoms with Crippen LogP contribution in [0.25, 0.3) is 0 Å². The van der Waals surface area contributed by atoms with Crippen molar-refractivity contribution in [1.82, 2.24) is 10.2 Å². The van der Waals surface area contributed by atoms with Crippen molar-refractivity contribution in [3.05, 3.63) is 39.4 Å². The minimum absolute atomic E-state index is 0.0403. The van der Waals surface area contributed by atoms with Gasteiger partial charge in [-0.1, -0.05) is 6.07 Å². The zero-order valence-electron chi connectivity index (χ0n) is 14.7. The van der Waals surface area contributed by atoms with Gasteiger partial charge in [0.1, 0.15) is 11.3 Å². The molecule has 0 saturated carbocycles. The standard InChI is InChI=1S/C17H19N3O6/c1-10(21)9-17(2,3)18-13(22)7-8-19-15(23)11-5-4-6-12(20(25)26)14(11)16(19)24/h4-6H,7-9H2,1-3H3,(H,18,22). The monoisotopic (exact) mass is 361 g/mol. The molecule has 1 aromatic rings. The molecule has 3 amide bonds. The van der Waals surface area contributed by atoms with Crippen LogP contribution in [0.4, 0.5) is 5.69 Å². The third-order valence-electron chi connectivity index (χ3n) is 3.90. The first-order valence-electron chi connectivity index (χ1n) is 7.97. The van der Waals surface area contributed by atoms with Crippen LogP contribution in [0.15, 0.2) is 18.2 Å². The molecule has 0 radical (unpaired) electrons. The summed E-state index contributed by atoms with van der Waals surface area (Å²) in [4.78, 5) is 59.2. The zero-order chi connectivity index (χ0) is 19.6. The molecule has 9 nitrogen and oxygen atoms in total. The second kappa shape index (κ2) is 7.03. The van der Waals surface area contributed by atoms with Crippen molar-refractivity contribution in [3.63, 3.8) is 0 Å². The molecule has 26 heavy (non-hydrogen) atoms. The van der Waals surface area contributed by atoms with Crippen LogP contribution in [-0.2, 0) is 9.59 Å². The molecule has 2 rings (SSSR count). The van der Waals surface area contributed by atoms with Gasteiger partial charge in [-0.15, -0.1) is 0 Å².